The largest absolute Gasteiger partial charge is 0.481 e. The second kappa shape index (κ2) is 5.78. The number of hydrogen-bond donors (Lipinski definition) is 3. The van der Waals surface area contributed by atoms with Crippen LogP contribution in [-0.4, -0.2) is 28.6 Å². The molecule has 1 aliphatic rings. The Morgan fingerprint density at radius 1 is 1.50 bits per heavy atom. The first-order chi connectivity index (χ1) is 9.43. The molecule has 1 fully saturated rings. The van der Waals surface area contributed by atoms with E-state index in [9.17, 15) is 9.59 Å². The first-order valence-corrected chi connectivity index (χ1v) is 7.54. The summed E-state index contributed by atoms with van der Waals surface area (Å²) in [6.07, 6.45) is 2.15. The van der Waals surface area contributed by atoms with E-state index in [1.807, 2.05) is 19.2 Å². The highest BCUT2D eigenvalue weighted by molar-refractivity contribution is 7.13. The molecule has 2 rings (SSSR count). The van der Waals surface area contributed by atoms with E-state index in [-0.39, 0.29) is 6.54 Å². The number of hydrogen-bond acceptors (Lipinski definition) is 4. The molecule has 0 bridgehead atoms. The van der Waals surface area contributed by atoms with Crippen molar-refractivity contribution in [1.29, 1.82) is 0 Å². The van der Waals surface area contributed by atoms with Gasteiger partial charge in [-0.3, -0.25) is 10.1 Å². The number of rotatable bonds is 5. The minimum atomic E-state index is -0.833. The second-order valence-corrected chi connectivity index (χ2v) is 6.34. The predicted octanol–water partition coefficient (Wildman–Crippen LogP) is 2.64. The fourth-order valence-electron chi connectivity index (χ4n) is 2.07. The number of aromatic nitrogens is 1. The van der Waals surface area contributed by atoms with Gasteiger partial charge in [-0.15, -0.1) is 11.3 Å². The molecule has 3 N–H and O–H groups in total. The van der Waals surface area contributed by atoms with Crippen LogP contribution in [0.2, 0.25) is 0 Å². The van der Waals surface area contributed by atoms with Gasteiger partial charge in [-0.05, 0) is 18.8 Å². The quantitative estimate of drug-likeness (QED) is 0.779. The van der Waals surface area contributed by atoms with Gasteiger partial charge in [-0.25, -0.2) is 9.78 Å². The lowest BCUT2D eigenvalue weighted by Gasteiger charge is -2.37. The first kappa shape index (κ1) is 14.8. The molecule has 6 nitrogen and oxygen atoms in total. The lowest BCUT2D eigenvalue weighted by Crippen LogP contribution is -2.48. The van der Waals surface area contributed by atoms with Crippen molar-refractivity contribution in [3.05, 3.63) is 11.1 Å². The summed E-state index contributed by atoms with van der Waals surface area (Å²) in [4.78, 5) is 27.2. The third-order valence-corrected chi connectivity index (χ3v) is 4.46. The lowest BCUT2D eigenvalue weighted by atomic mass is 9.69. The maximum absolute atomic E-state index is 11.8. The summed E-state index contributed by atoms with van der Waals surface area (Å²) in [6.45, 7) is 4.23. The van der Waals surface area contributed by atoms with Gasteiger partial charge in [-0.2, -0.15) is 0 Å². The average molecular weight is 297 g/mol. The highest BCUT2D eigenvalue weighted by Gasteiger charge is 2.44. The van der Waals surface area contributed by atoms with Crippen molar-refractivity contribution < 1.29 is 14.7 Å². The Hall–Kier alpha value is -1.63. The van der Waals surface area contributed by atoms with Crippen LogP contribution in [0.25, 0.3) is 0 Å². The minimum Gasteiger partial charge on any atom is -0.481 e. The van der Waals surface area contributed by atoms with Crippen molar-refractivity contribution in [3.8, 4) is 0 Å². The zero-order chi connectivity index (χ0) is 14.8. The molecule has 0 spiro atoms. The first-order valence-electron chi connectivity index (χ1n) is 6.67. The Morgan fingerprint density at radius 3 is 2.65 bits per heavy atom. The molecule has 20 heavy (non-hydrogen) atoms. The van der Waals surface area contributed by atoms with E-state index in [0.717, 1.165) is 12.1 Å². The van der Waals surface area contributed by atoms with Crippen molar-refractivity contribution in [2.75, 3.05) is 11.9 Å². The van der Waals surface area contributed by atoms with Gasteiger partial charge in [0.05, 0.1) is 11.1 Å². The summed E-state index contributed by atoms with van der Waals surface area (Å²) in [5, 5.41) is 16.9. The summed E-state index contributed by atoms with van der Waals surface area (Å²) >= 11 is 1.37. The van der Waals surface area contributed by atoms with E-state index in [2.05, 4.69) is 15.6 Å². The van der Waals surface area contributed by atoms with Crippen LogP contribution < -0.4 is 10.6 Å². The monoisotopic (exact) mass is 297 g/mol. The molecular weight excluding hydrogens is 278 g/mol. The van der Waals surface area contributed by atoms with Crippen molar-refractivity contribution >= 4 is 28.5 Å². The van der Waals surface area contributed by atoms with E-state index in [1.165, 1.54) is 11.3 Å². The van der Waals surface area contributed by atoms with Crippen LogP contribution >= 0.6 is 11.3 Å². The van der Waals surface area contributed by atoms with Crippen molar-refractivity contribution in [2.45, 2.75) is 39.0 Å². The molecule has 0 radical (unpaired) electrons. The summed E-state index contributed by atoms with van der Waals surface area (Å²) in [5.74, 6) is -0.518. The smallest absolute Gasteiger partial charge is 0.321 e. The molecule has 0 aliphatic heterocycles. The standard InChI is InChI=1S/C13H19N3O3S/c1-8(2)9-6-20-12(15-9)16-11(19)14-7-13(10(17)18)4-3-5-13/h6,8H,3-5,7H2,1-2H3,(H,17,18)(H2,14,15,16,19). The fraction of sp³-hybridized carbons (Fsp3) is 0.615. The number of nitrogens with one attached hydrogen (secondary N) is 2. The van der Waals surface area contributed by atoms with E-state index in [4.69, 9.17) is 5.11 Å². The van der Waals surface area contributed by atoms with Crippen LogP contribution in [0.1, 0.15) is 44.7 Å². The van der Waals surface area contributed by atoms with Gasteiger partial charge >= 0.3 is 12.0 Å². The summed E-state index contributed by atoms with van der Waals surface area (Å²) < 4.78 is 0. The zero-order valence-corrected chi connectivity index (χ0v) is 12.4. The summed E-state index contributed by atoms with van der Waals surface area (Å²) in [7, 11) is 0. The summed E-state index contributed by atoms with van der Waals surface area (Å²) in [6, 6.07) is -0.401. The van der Waals surface area contributed by atoms with Crippen molar-refractivity contribution in [2.24, 2.45) is 5.41 Å². The van der Waals surface area contributed by atoms with Crippen LogP contribution in [0, 0.1) is 5.41 Å². The van der Waals surface area contributed by atoms with E-state index < -0.39 is 17.4 Å². The van der Waals surface area contributed by atoms with E-state index in [0.29, 0.717) is 23.9 Å². The number of carboxylic acids is 1. The zero-order valence-electron chi connectivity index (χ0n) is 11.6. The number of anilines is 1. The Labute approximate surface area is 121 Å². The Bertz CT molecular complexity index is 509. The molecule has 2 amide bonds. The lowest BCUT2D eigenvalue weighted by molar-refractivity contribution is -0.153. The third-order valence-electron chi connectivity index (χ3n) is 3.69. The molecule has 1 heterocycles. The predicted molar refractivity (Wildman–Crippen MR) is 77.1 cm³/mol. The Kier molecular flexibility index (Phi) is 4.27. The number of nitrogens with zero attached hydrogens (tertiary/aromatic N) is 1. The minimum absolute atomic E-state index is 0.163. The second-order valence-electron chi connectivity index (χ2n) is 5.48. The number of urea groups is 1. The molecule has 110 valence electrons. The number of carboxylic acid groups (broad SMARTS) is 1. The normalized spacial score (nSPS) is 16.6. The molecule has 1 aromatic heterocycles. The molecule has 7 heteroatoms. The molecule has 0 atom stereocenters. The van der Waals surface area contributed by atoms with E-state index in [1.54, 1.807) is 0 Å². The van der Waals surface area contributed by atoms with Crippen molar-refractivity contribution in [1.82, 2.24) is 10.3 Å². The highest BCUT2D eigenvalue weighted by Crippen LogP contribution is 2.40. The van der Waals surface area contributed by atoms with Gasteiger partial charge < -0.3 is 10.4 Å². The number of aliphatic carboxylic acids is 1. The number of thiazole rings is 1. The van der Waals surface area contributed by atoms with Gasteiger partial charge in [0.1, 0.15) is 0 Å². The maximum atomic E-state index is 11.8. The van der Waals surface area contributed by atoms with E-state index >= 15 is 0 Å². The van der Waals surface area contributed by atoms with Gasteiger partial charge in [0.25, 0.3) is 0 Å². The number of carbonyl (C=O) groups excluding carboxylic acids is 1. The van der Waals surface area contributed by atoms with Crippen LogP contribution in [0.4, 0.5) is 9.93 Å². The van der Waals surface area contributed by atoms with Gasteiger partial charge in [0.15, 0.2) is 5.13 Å². The van der Waals surface area contributed by atoms with Crippen LogP contribution in [0.3, 0.4) is 0 Å². The SMILES string of the molecule is CC(C)c1csc(NC(=O)NCC2(C(=O)O)CCC2)n1. The molecule has 0 aromatic carbocycles. The van der Waals surface area contributed by atoms with Gasteiger partial charge in [-0.1, -0.05) is 20.3 Å². The van der Waals surface area contributed by atoms with Gasteiger partial charge in [0.2, 0.25) is 0 Å². The number of amides is 2. The topological polar surface area (TPSA) is 91.3 Å². The molecule has 1 aliphatic carbocycles. The molecule has 0 saturated heterocycles. The summed E-state index contributed by atoms with van der Waals surface area (Å²) in [5.41, 5.74) is 0.162. The Morgan fingerprint density at radius 2 is 2.20 bits per heavy atom. The molecule has 1 saturated carbocycles. The molecule has 1 aromatic rings. The van der Waals surface area contributed by atoms with Crippen LogP contribution in [0.5, 0.6) is 0 Å². The third kappa shape index (κ3) is 3.09. The van der Waals surface area contributed by atoms with Crippen LogP contribution in [0.15, 0.2) is 5.38 Å². The average Bonchev–Trinajstić information content (AvgIpc) is 2.75. The van der Waals surface area contributed by atoms with Crippen molar-refractivity contribution in [3.63, 3.8) is 0 Å². The van der Waals surface area contributed by atoms with Crippen LogP contribution in [-0.2, 0) is 4.79 Å². The van der Waals surface area contributed by atoms with Gasteiger partial charge in [0, 0.05) is 11.9 Å². The highest BCUT2D eigenvalue weighted by atomic mass is 32.1. The molecular formula is C13H19N3O3S. The molecule has 0 unspecified atom stereocenters. The fourth-order valence-corrected chi connectivity index (χ4v) is 2.94. The number of carbonyl (C=O) groups is 2. The Balaban J connectivity index is 1.84. The maximum Gasteiger partial charge on any atom is 0.321 e.